The van der Waals surface area contributed by atoms with Crippen LogP contribution in [-0.4, -0.2) is 37.2 Å². The fraction of sp³-hybridized carbons (Fsp3) is 0.125. The zero-order chi connectivity index (χ0) is 16.6. The molecule has 3 aromatic rings. The van der Waals surface area contributed by atoms with E-state index in [-0.39, 0.29) is 10.7 Å². The van der Waals surface area contributed by atoms with Gasteiger partial charge in [-0.25, -0.2) is 13.4 Å². The molecule has 0 fully saturated rings. The molecule has 0 aliphatic carbocycles. The normalized spacial score (nSPS) is 11.7. The van der Waals surface area contributed by atoms with Crippen LogP contribution in [-0.2, 0) is 9.84 Å². The van der Waals surface area contributed by atoms with Crippen LogP contribution >= 0.6 is 11.3 Å². The number of aliphatic hydroxyl groups is 1. The third kappa shape index (κ3) is 3.03. The number of aromatic nitrogens is 1. The molecule has 0 unspecified atom stereocenters. The zero-order valence-corrected chi connectivity index (χ0v) is 13.8. The molecule has 1 aromatic heterocycles. The van der Waals surface area contributed by atoms with Crippen LogP contribution in [0.1, 0.15) is 10.4 Å². The Morgan fingerprint density at radius 2 is 1.96 bits per heavy atom. The van der Waals surface area contributed by atoms with E-state index in [0.29, 0.717) is 21.7 Å². The first-order valence-electron chi connectivity index (χ1n) is 6.74. The predicted octanol–water partition coefficient (Wildman–Crippen LogP) is 2.54. The number of ketones is 1. The fourth-order valence-electron chi connectivity index (χ4n) is 2.27. The molecular weight excluding hydrogens is 334 g/mol. The quantitative estimate of drug-likeness (QED) is 0.733. The first-order chi connectivity index (χ1) is 10.9. The van der Waals surface area contributed by atoms with Gasteiger partial charge in [-0.15, -0.1) is 11.3 Å². The molecule has 0 saturated carbocycles. The van der Waals surface area contributed by atoms with Crippen molar-refractivity contribution < 1.29 is 18.3 Å². The Balaban J connectivity index is 2.17. The number of rotatable bonds is 4. The number of thiazole rings is 1. The van der Waals surface area contributed by atoms with E-state index in [1.165, 1.54) is 11.3 Å². The molecule has 0 atom stereocenters. The van der Waals surface area contributed by atoms with Crippen molar-refractivity contribution >= 4 is 37.2 Å². The van der Waals surface area contributed by atoms with Crippen molar-refractivity contribution in [3.8, 4) is 10.6 Å². The summed E-state index contributed by atoms with van der Waals surface area (Å²) in [5.74, 6) is -0.363. The standard InChI is InChI=1S/C16H13NO4S2/c1-23(20,21)15-5-3-2-4-11(15)16-17-12-7-6-10(13(19)9-18)8-14(12)22-16/h2-8,18H,9H2,1H3. The molecule has 1 heterocycles. The molecule has 3 rings (SSSR count). The van der Waals surface area contributed by atoms with Crippen LogP contribution < -0.4 is 0 Å². The van der Waals surface area contributed by atoms with Gasteiger partial charge < -0.3 is 5.11 Å². The highest BCUT2D eigenvalue weighted by molar-refractivity contribution is 7.90. The Kier molecular flexibility index (Phi) is 4.01. The van der Waals surface area contributed by atoms with Crippen molar-refractivity contribution in [3.63, 3.8) is 0 Å². The summed E-state index contributed by atoms with van der Waals surface area (Å²) >= 11 is 1.31. The van der Waals surface area contributed by atoms with Crippen molar-refractivity contribution in [2.24, 2.45) is 0 Å². The van der Waals surface area contributed by atoms with Crippen LogP contribution in [0.3, 0.4) is 0 Å². The summed E-state index contributed by atoms with van der Waals surface area (Å²) in [5, 5.41) is 9.52. The third-order valence-electron chi connectivity index (χ3n) is 3.37. The number of Topliss-reactive ketones (excluding diaryl/α,β-unsaturated/α-hetero) is 1. The summed E-state index contributed by atoms with van der Waals surface area (Å²) in [6, 6.07) is 11.7. The molecule has 5 nitrogen and oxygen atoms in total. The Morgan fingerprint density at radius 1 is 1.22 bits per heavy atom. The minimum absolute atomic E-state index is 0.228. The molecule has 1 N–H and O–H groups in total. The Hall–Kier alpha value is -2.09. The maximum Gasteiger partial charge on any atom is 0.188 e. The number of benzene rings is 2. The first-order valence-corrected chi connectivity index (χ1v) is 9.45. The molecule has 0 bridgehead atoms. The molecule has 0 aliphatic rings. The van der Waals surface area contributed by atoms with E-state index >= 15 is 0 Å². The van der Waals surface area contributed by atoms with Crippen molar-refractivity contribution in [1.29, 1.82) is 0 Å². The summed E-state index contributed by atoms with van der Waals surface area (Å²) < 4.78 is 24.6. The summed E-state index contributed by atoms with van der Waals surface area (Å²) in [7, 11) is -3.37. The van der Waals surface area contributed by atoms with Crippen LogP contribution in [0.2, 0.25) is 0 Å². The van der Waals surface area contributed by atoms with E-state index < -0.39 is 16.4 Å². The lowest BCUT2D eigenvalue weighted by atomic mass is 10.1. The summed E-state index contributed by atoms with van der Waals surface area (Å²) in [4.78, 5) is 16.3. The molecule has 0 saturated heterocycles. The smallest absolute Gasteiger partial charge is 0.188 e. The molecule has 118 valence electrons. The van der Waals surface area contributed by atoms with Crippen molar-refractivity contribution in [2.75, 3.05) is 12.9 Å². The number of sulfone groups is 1. The van der Waals surface area contributed by atoms with Gasteiger partial charge >= 0.3 is 0 Å². The molecule has 0 amide bonds. The van der Waals surface area contributed by atoms with Gasteiger partial charge in [-0.1, -0.05) is 18.2 Å². The Morgan fingerprint density at radius 3 is 2.65 bits per heavy atom. The number of carbonyl (C=O) groups excluding carboxylic acids is 1. The van der Waals surface area contributed by atoms with Gasteiger partial charge in [0.1, 0.15) is 11.6 Å². The largest absolute Gasteiger partial charge is 0.388 e. The Labute approximate surface area is 137 Å². The third-order valence-corrected chi connectivity index (χ3v) is 5.58. The second-order valence-corrected chi connectivity index (χ2v) is 8.07. The second kappa shape index (κ2) is 5.84. The van der Waals surface area contributed by atoms with Gasteiger partial charge in [0.25, 0.3) is 0 Å². The van der Waals surface area contributed by atoms with E-state index in [9.17, 15) is 13.2 Å². The molecule has 0 spiro atoms. The monoisotopic (exact) mass is 347 g/mol. The van der Waals surface area contributed by atoms with Crippen LogP contribution in [0.25, 0.3) is 20.8 Å². The highest BCUT2D eigenvalue weighted by Crippen LogP contribution is 2.34. The topological polar surface area (TPSA) is 84.3 Å². The molecule has 23 heavy (non-hydrogen) atoms. The first kappa shape index (κ1) is 15.8. The van der Waals surface area contributed by atoms with Gasteiger partial charge in [0.05, 0.1) is 15.1 Å². The molecule has 2 aromatic carbocycles. The molecular formula is C16H13NO4S2. The average molecular weight is 347 g/mol. The number of aliphatic hydroxyl groups excluding tert-OH is 1. The molecule has 0 aliphatic heterocycles. The van der Waals surface area contributed by atoms with Gasteiger partial charge in [0.15, 0.2) is 15.6 Å². The average Bonchev–Trinajstić information content (AvgIpc) is 2.96. The van der Waals surface area contributed by atoms with Gasteiger partial charge in [-0.2, -0.15) is 0 Å². The maximum absolute atomic E-state index is 11.9. The van der Waals surface area contributed by atoms with Gasteiger partial charge in [-0.05, 0) is 24.3 Å². The Bertz CT molecular complexity index is 1010. The lowest BCUT2D eigenvalue weighted by Gasteiger charge is -2.03. The van der Waals surface area contributed by atoms with Crippen LogP contribution in [0.4, 0.5) is 0 Å². The summed E-state index contributed by atoms with van der Waals surface area (Å²) in [6.07, 6.45) is 1.16. The summed E-state index contributed by atoms with van der Waals surface area (Å²) in [5.41, 5.74) is 1.64. The number of fused-ring (bicyclic) bond motifs is 1. The van der Waals surface area contributed by atoms with Crippen molar-refractivity contribution in [3.05, 3.63) is 48.0 Å². The number of hydrogen-bond donors (Lipinski definition) is 1. The van der Waals surface area contributed by atoms with E-state index in [0.717, 1.165) is 11.0 Å². The van der Waals surface area contributed by atoms with E-state index in [4.69, 9.17) is 5.11 Å². The highest BCUT2D eigenvalue weighted by atomic mass is 32.2. The van der Waals surface area contributed by atoms with Gasteiger partial charge in [-0.3, -0.25) is 4.79 Å². The number of carbonyl (C=O) groups is 1. The van der Waals surface area contributed by atoms with E-state index in [1.54, 1.807) is 42.5 Å². The lowest BCUT2D eigenvalue weighted by molar-refractivity contribution is 0.0904. The summed E-state index contributed by atoms with van der Waals surface area (Å²) in [6.45, 7) is -0.548. The van der Waals surface area contributed by atoms with Crippen molar-refractivity contribution in [1.82, 2.24) is 4.98 Å². The van der Waals surface area contributed by atoms with Crippen LogP contribution in [0.5, 0.6) is 0 Å². The number of nitrogens with zero attached hydrogens (tertiary/aromatic N) is 1. The fourth-order valence-corrected chi connectivity index (χ4v) is 4.27. The maximum atomic E-state index is 11.9. The van der Waals surface area contributed by atoms with Crippen LogP contribution in [0, 0.1) is 0 Å². The van der Waals surface area contributed by atoms with E-state index in [1.807, 2.05) is 0 Å². The second-order valence-electron chi connectivity index (χ2n) is 5.05. The minimum atomic E-state index is -3.37. The highest BCUT2D eigenvalue weighted by Gasteiger charge is 2.17. The van der Waals surface area contributed by atoms with Gasteiger partial charge in [0, 0.05) is 17.4 Å². The zero-order valence-electron chi connectivity index (χ0n) is 12.2. The molecule has 7 heteroatoms. The lowest BCUT2D eigenvalue weighted by Crippen LogP contribution is -2.03. The SMILES string of the molecule is CS(=O)(=O)c1ccccc1-c1nc2ccc(C(=O)CO)cc2s1. The van der Waals surface area contributed by atoms with Gasteiger partial charge in [0.2, 0.25) is 0 Å². The van der Waals surface area contributed by atoms with Crippen molar-refractivity contribution in [2.45, 2.75) is 4.90 Å². The van der Waals surface area contributed by atoms with E-state index in [2.05, 4.69) is 4.98 Å². The predicted molar refractivity (Wildman–Crippen MR) is 89.6 cm³/mol. The minimum Gasteiger partial charge on any atom is -0.388 e. The number of hydrogen-bond acceptors (Lipinski definition) is 6. The molecule has 0 radical (unpaired) electrons. The van der Waals surface area contributed by atoms with Crippen LogP contribution in [0.15, 0.2) is 47.4 Å².